The number of benzene rings is 3. The number of hydrogen-bond acceptors (Lipinski definition) is 4. The third-order valence-corrected chi connectivity index (χ3v) is 8.18. The zero-order valence-electron chi connectivity index (χ0n) is 19.3. The van der Waals surface area contributed by atoms with Gasteiger partial charge in [0, 0.05) is 23.1 Å². The van der Waals surface area contributed by atoms with Crippen molar-refractivity contribution in [3.8, 4) is 0 Å². The minimum atomic E-state index is -4.67. The molecule has 0 aromatic heterocycles. The summed E-state index contributed by atoms with van der Waals surface area (Å²) in [7, 11) is -4.31. The lowest BCUT2D eigenvalue weighted by Crippen LogP contribution is -2.41. The molecule has 3 aromatic rings. The second-order valence-electron chi connectivity index (χ2n) is 7.90. The zero-order chi connectivity index (χ0) is 26.3. The number of thioether (sulfide) groups is 1. The highest BCUT2D eigenvalue weighted by atomic mass is 35.5. The molecule has 5 nitrogen and oxygen atoms in total. The van der Waals surface area contributed by atoms with Crippen LogP contribution in [0.5, 0.6) is 0 Å². The van der Waals surface area contributed by atoms with Crippen LogP contribution in [0.3, 0.4) is 0 Å². The minimum absolute atomic E-state index is 0.128. The van der Waals surface area contributed by atoms with Crippen molar-refractivity contribution in [2.75, 3.05) is 23.1 Å². The first-order chi connectivity index (χ1) is 17.0. The first-order valence-corrected chi connectivity index (χ1v) is 13.8. The zero-order valence-corrected chi connectivity index (χ0v) is 21.6. The van der Waals surface area contributed by atoms with Crippen LogP contribution < -0.4 is 9.62 Å². The Morgan fingerprint density at radius 2 is 1.69 bits per heavy atom. The smallest absolute Gasteiger partial charge is 0.354 e. The van der Waals surface area contributed by atoms with Crippen LogP contribution in [0.4, 0.5) is 18.9 Å². The number of carbonyl (C=O) groups excluding carboxylic acids is 1. The molecule has 11 heteroatoms. The normalized spacial score (nSPS) is 11.8. The van der Waals surface area contributed by atoms with Crippen molar-refractivity contribution in [3.05, 3.63) is 94.5 Å². The van der Waals surface area contributed by atoms with Gasteiger partial charge in [-0.15, -0.1) is 0 Å². The molecule has 1 N–H and O–H groups in total. The Morgan fingerprint density at radius 3 is 2.33 bits per heavy atom. The third-order valence-electron chi connectivity index (χ3n) is 5.11. The monoisotopic (exact) mass is 556 g/mol. The molecule has 0 spiro atoms. The van der Waals surface area contributed by atoms with Gasteiger partial charge in [0.1, 0.15) is 6.54 Å². The van der Waals surface area contributed by atoms with Gasteiger partial charge in [0.2, 0.25) is 5.91 Å². The quantitative estimate of drug-likeness (QED) is 0.315. The van der Waals surface area contributed by atoms with E-state index in [9.17, 15) is 26.4 Å². The van der Waals surface area contributed by atoms with Gasteiger partial charge in [-0.1, -0.05) is 47.5 Å². The van der Waals surface area contributed by atoms with Crippen molar-refractivity contribution in [3.63, 3.8) is 0 Å². The molecule has 36 heavy (non-hydrogen) atoms. The Morgan fingerprint density at radius 1 is 1.03 bits per heavy atom. The van der Waals surface area contributed by atoms with E-state index in [1.165, 1.54) is 18.2 Å². The van der Waals surface area contributed by atoms with Gasteiger partial charge in [-0.25, -0.2) is 8.42 Å². The molecule has 3 aromatic carbocycles. The van der Waals surface area contributed by atoms with E-state index in [-0.39, 0.29) is 17.1 Å². The topological polar surface area (TPSA) is 66.5 Å². The van der Waals surface area contributed by atoms with Gasteiger partial charge < -0.3 is 5.32 Å². The summed E-state index contributed by atoms with van der Waals surface area (Å²) in [4.78, 5) is 12.5. The van der Waals surface area contributed by atoms with Crippen molar-refractivity contribution >= 4 is 45.0 Å². The fourth-order valence-corrected chi connectivity index (χ4v) is 5.57. The summed E-state index contributed by atoms with van der Waals surface area (Å²) in [6.45, 7) is 1.37. The van der Waals surface area contributed by atoms with Crippen molar-refractivity contribution in [1.82, 2.24) is 5.32 Å². The number of hydrogen-bond donors (Lipinski definition) is 1. The standard InChI is InChI=1S/C25H24ClF3N2O3S2/c1-18-5-11-23(12-6-18)36(33,34)31(22-4-2-3-20(15-22)25(27,28)29)16-24(32)30-13-14-35-17-19-7-9-21(26)10-8-19/h2-12,15H,13-14,16-17H2,1H3,(H,30,32). The molecule has 3 rings (SSSR count). The fraction of sp³-hybridized carbons (Fsp3) is 0.240. The summed E-state index contributed by atoms with van der Waals surface area (Å²) >= 11 is 7.43. The number of sulfonamides is 1. The average Bonchev–Trinajstić information content (AvgIpc) is 2.83. The van der Waals surface area contributed by atoms with Crippen LogP contribution >= 0.6 is 23.4 Å². The minimum Gasteiger partial charge on any atom is -0.354 e. The van der Waals surface area contributed by atoms with E-state index in [0.717, 1.165) is 29.3 Å². The molecule has 0 aliphatic carbocycles. The lowest BCUT2D eigenvalue weighted by Gasteiger charge is -2.25. The summed E-state index contributed by atoms with van der Waals surface area (Å²) in [6.07, 6.45) is -4.67. The molecule has 0 saturated carbocycles. The van der Waals surface area contributed by atoms with E-state index < -0.39 is 34.2 Å². The molecule has 0 atom stereocenters. The summed E-state index contributed by atoms with van der Waals surface area (Å²) in [6, 6.07) is 17.2. The van der Waals surface area contributed by atoms with E-state index in [1.807, 2.05) is 12.1 Å². The summed E-state index contributed by atoms with van der Waals surface area (Å²) in [5.74, 6) is 0.628. The average molecular weight is 557 g/mol. The number of amides is 1. The van der Waals surface area contributed by atoms with E-state index in [0.29, 0.717) is 20.8 Å². The summed E-state index contributed by atoms with van der Waals surface area (Å²) < 4.78 is 67.2. The van der Waals surface area contributed by atoms with Gasteiger partial charge in [0.05, 0.1) is 16.1 Å². The highest BCUT2D eigenvalue weighted by molar-refractivity contribution is 7.98. The number of rotatable bonds is 10. The summed E-state index contributed by atoms with van der Waals surface area (Å²) in [5, 5.41) is 3.29. The van der Waals surface area contributed by atoms with Gasteiger partial charge in [-0.3, -0.25) is 9.10 Å². The SMILES string of the molecule is Cc1ccc(S(=O)(=O)N(CC(=O)NCCSCc2ccc(Cl)cc2)c2cccc(C(F)(F)F)c2)cc1. The van der Waals surface area contributed by atoms with Gasteiger partial charge >= 0.3 is 6.18 Å². The molecular formula is C25H24ClF3N2O3S2. The Balaban J connectivity index is 1.72. The first kappa shape index (κ1) is 27.9. The Bertz CT molecular complexity index is 1280. The van der Waals surface area contributed by atoms with Crippen LogP contribution in [-0.2, 0) is 26.7 Å². The fourth-order valence-electron chi connectivity index (χ4n) is 3.21. The lowest BCUT2D eigenvalue weighted by atomic mass is 10.2. The number of carbonyl (C=O) groups is 1. The molecule has 0 aliphatic rings. The molecule has 192 valence electrons. The molecule has 0 fully saturated rings. The van der Waals surface area contributed by atoms with E-state index >= 15 is 0 Å². The highest BCUT2D eigenvalue weighted by Crippen LogP contribution is 2.33. The van der Waals surface area contributed by atoms with E-state index in [4.69, 9.17) is 11.6 Å². The highest BCUT2D eigenvalue weighted by Gasteiger charge is 2.33. The van der Waals surface area contributed by atoms with Crippen molar-refractivity contribution in [1.29, 1.82) is 0 Å². The number of aryl methyl sites for hydroxylation is 1. The van der Waals surface area contributed by atoms with Crippen molar-refractivity contribution in [2.24, 2.45) is 0 Å². The predicted molar refractivity (Wildman–Crippen MR) is 138 cm³/mol. The van der Waals surface area contributed by atoms with Crippen molar-refractivity contribution < 1.29 is 26.4 Å². The Kier molecular flexibility index (Phi) is 9.32. The number of nitrogens with one attached hydrogen (secondary N) is 1. The number of anilines is 1. The maximum absolute atomic E-state index is 13.3. The van der Waals surface area contributed by atoms with Crippen LogP contribution in [0.1, 0.15) is 16.7 Å². The van der Waals surface area contributed by atoms with Gasteiger partial charge in [0.25, 0.3) is 10.0 Å². The van der Waals surface area contributed by atoms with Gasteiger partial charge in [-0.05, 0) is 55.0 Å². The van der Waals surface area contributed by atoms with Crippen molar-refractivity contribution in [2.45, 2.75) is 23.7 Å². The first-order valence-electron chi connectivity index (χ1n) is 10.8. The molecular weight excluding hydrogens is 533 g/mol. The van der Waals surface area contributed by atoms with E-state index in [2.05, 4.69) is 5.32 Å². The van der Waals surface area contributed by atoms with Crippen LogP contribution in [-0.4, -0.2) is 33.2 Å². The molecule has 1 amide bonds. The molecule has 0 saturated heterocycles. The molecule has 0 aliphatic heterocycles. The predicted octanol–water partition coefficient (Wildman–Crippen LogP) is 5.91. The van der Waals surface area contributed by atoms with Crippen LogP contribution in [0.25, 0.3) is 0 Å². The lowest BCUT2D eigenvalue weighted by molar-refractivity contribution is -0.137. The maximum atomic E-state index is 13.3. The number of alkyl halides is 3. The maximum Gasteiger partial charge on any atom is 0.416 e. The molecule has 0 radical (unpaired) electrons. The van der Waals surface area contributed by atoms with Crippen LogP contribution in [0.2, 0.25) is 5.02 Å². The molecule has 0 heterocycles. The summed E-state index contributed by atoms with van der Waals surface area (Å²) in [5.41, 5.74) is 0.616. The van der Waals surface area contributed by atoms with Crippen LogP contribution in [0, 0.1) is 6.92 Å². The second kappa shape index (κ2) is 12.0. The second-order valence-corrected chi connectivity index (χ2v) is 11.3. The number of nitrogens with zero attached hydrogens (tertiary/aromatic N) is 1. The largest absolute Gasteiger partial charge is 0.416 e. The van der Waals surface area contributed by atoms with Gasteiger partial charge in [0.15, 0.2) is 0 Å². The van der Waals surface area contributed by atoms with Crippen LogP contribution in [0.15, 0.2) is 77.7 Å². The third kappa shape index (κ3) is 7.65. The molecule has 0 bridgehead atoms. The Hall–Kier alpha value is -2.69. The van der Waals surface area contributed by atoms with Gasteiger partial charge in [-0.2, -0.15) is 24.9 Å². The molecule has 0 unspecified atom stereocenters. The Labute approximate surface area is 217 Å². The van der Waals surface area contributed by atoms with E-state index in [1.54, 1.807) is 43.0 Å². The number of halogens is 4.